The van der Waals surface area contributed by atoms with Gasteiger partial charge in [0, 0.05) is 26.6 Å². The molecule has 0 fully saturated rings. The Balaban J connectivity index is 1.64. The van der Waals surface area contributed by atoms with Crippen molar-refractivity contribution in [1.29, 1.82) is 0 Å². The van der Waals surface area contributed by atoms with Crippen molar-refractivity contribution in [2.24, 2.45) is 0 Å². The quantitative estimate of drug-likeness (QED) is 0.509. The Labute approximate surface area is 164 Å². The third-order valence-corrected chi connectivity index (χ3v) is 3.96. The molecule has 1 aromatic heterocycles. The van der Waals surface area contributed by atoms with Crippen LogP contribution in [0.4, 0.5) is 0 Å². The van der Waals surface area contributed by atoms with Crippen LogP contribution < -0.4 is 21.3 Å². The summed E-state index contributed by atoms with van der Waals surface area (Å²) < 4.78 is 0. The van der Waals surface area contributed by atoms with E-state index in [-0.39, 0.29) is 11.8 Å². The third-order valence-electron chi connectivity index (χ3n) is 3.67. The number of carbonyl (C=O) groups is 2. The van der Waals surface area contributed by atoms with Crippen LogP contribution in [0.15, 0.2) is 48.5 Å². The number of pyridine rings is 1. The molecule has 142 valence electrons. The molecule has 0 aliphatic carbocycles. The molecule has 0 bridgehead atoms. The van der Waals surface area contributed by atoms with Gasteiger partial charge in [0.2, 0.25) is 5.91 Å². The van der Waals surface area contributed by atoms with Crippen molar-refractivity contribution in [2.45, 2.75) is 19.5 Å². The molecule has 0 radical (unpaired) electrons. The molecule has 7 nitrogen and oxygen atoms in total. The van der Waals surface area contributed by atoms with E-state index >= 15 is 0 Å². The van der Waals surface area contributed by atoms with Crippen LogP contribution in [-0.2, 0) is 17.9 Å². The largest absolute Gasteiger partial charge is 0.362 e. The van der Waals surface area contributed by atoms with Crippen LogP contribution in [0, 0.1) is 0 Å². The maximum atomic E-state index is 11.8. The van der Waals surface area contributed by atoms with Crippen LogP contribution >= 0.6 is 12.2 Å². The summed E-state index contributed by atoms with van der Waals surface area (Å²) in [5.74, 6) is -0.284. The third kappa shape index (κ3) is 7.41. The second-order valence-corrected chi connectivity index (χ2v) is 6.12. The molecule has 0 aliphatic heterocycles. The summed E-state index contributed by atoms with van der Waals surface area (Å²) in [6.07, 6.45) is 0.319. The van der Waals surface area contributed by atoms with E-state index in [4.69, 9.17) is 12.2 Å². The summed E-state index contributed by atoms with van der Waals surface area (Å²) in [7, 11) is 1.56. The molecule has 27 heavy (non-hydrogen) atoms. The Kier molecular flexibility index (Phi) is 8.18. The van der Waals surface area contributed by atoms with E-state index in [1.807, 2.05) is 30.3 Å². The van der Waals surface area contributed by atoms with E-state index in [1.165, 1.54) is 0 Å². The van der Waals surface area contributed by atoms with E-state index < -0.39 is 0 Å². The molecule has 0 saturated heterocycles. The fourth-order valence-electron chi connectivity index (χ4n) is 2.24. The predicted molar refractivity (Wildman–Crippen MR) is 108 cm³/mol. The van der Waals surface area contributed by atoms with Gasteiger partial charge in [-0.1, -0.05) is 36.4 Å². The van der Waals surface area contributed by atoms with E-state index in [1.54, 1.807) is 25.2 Å². The molecule has 0 spiro atoms. The Morgan fingerprint density at radius 1 is 0.963 bits per heavy atom. The van der Waals surface area contributed by atoms with E-state index in [2.05, 4.69) is 26.3 Å². The molecular formula is C19H23N5O2S. The number of rotatable bonds is 8. The number of thiocarbonyl (C=S) groups is 1. The van der Waals surface area contributed by atoms with Crippen LogP contribution in [0.25, 0.3) is 0 Å². The maximum absolute atomic E-state index is 11.8. The zero-order chi connectivity index (χ0) is 19.5. The van der Waals surface area contributed by atoms with E-state index in [9.17, 15) is 9.59 Å². The zero-order valence-corrected chi connectivity index (χ0v) is 15.9. The van der Waals surface area contributed by atoms with Gasteiger partial charge in [-0.05, 0) is 29.9 Å². The first-order valence-corrected chi connectivity index (χ1v) is 8.99. The van der Waals surface area contributed by atoms with Crippen molar-refractivity contribution in [1.82, 2.24) is 26.3 Å². The van der Waals surface area contributed by atoms with Gasteiger partial charge in [-0.25, -0.2) is 4.98 Å². The van der Waals surface area contributed by atoms with Crippen LogP contribution in [0.2, 0.25) is 0 Å². The van der Waals surface area contributed by atoms with Crippen LogP contribution in [0.3, 0.4) is 0 Å². The molecule has 2 amide bonds. The second-order valence-electron chi connectivity index (χ2n) is 5.72. The number of benzene rings is 1. The van der Waals surface area contributed by atoms with Crippen molar-refractivity contribution in [3.63, 3.8) is 0 Å². The zero-order valence-electron chi connectivity index (χ0n) is 15.1. The van der Waals surface area contributed by atoms with E-state index in [0.717, 1.165) is 5.56 Å². The van der Waals surface area contributed by atoms with Gasteiger partial charge >= 0.3 is 0 Å². The lowest BCUT2D eigenvalue weighted by molar-refractivity contribution is -0.121. The van der Waals surface area contributed by atoms with Crippen LogP contribution in [0.1, 0.15) is 28.2 Å². The lowest BCUT2D eigenvalue weighted by atomic mass is 10.2. The van der Waals surface area contributed by atoms with Crippen molar-refractivity contribution in [2.75, 3.05) is 13.6 Å². The molecule has 1 heterocycles. The molecular weight excluding hydrogens is 362 g/mol. The van der Waals surface area contributed by atoms with Crippen molar-refractivity contribution >= 4 is 29.1 Å². The minimum absolute atomic E-state index is 0.0471. The number of hydrogen-bond donors (Lipinski definition) is 4. The highest BCUT2D eigenvalue weighted by atomic mass is 32.1. The van der Waals surface area contributed by atoms with Gasteiger partial charge in [0.15, 0.2) is 5.11 Å². The number of amides is 2. The Morgan fingerprint density at radius 2 is 1.74 bits per heavy atom. The fraction of sp³-hybridized carbons (Fsp3) is 0.263. The standard InChI is InChI=1S/C19H23N5O2S/c1-20-18(26)16-9-5-8-15(24-16)13-23-19(27)21-11-10-17(25)22-12-14-6-3-2-4-7-14/h2-9H,10-13H2,1H3,(H,20,26)(H,22,25)(H2,21,23,27). The smallest absolute Gasteiger partial charge is 0.269 e. The minimum Gasteiger partial charge on any atom is -0.362 e. The Morgan fingerprint density at radius 3 is 2.48 bits per heavy atom. The summed E-state index contributed by atoms with van der Waals surface area (Å²) in [6.45, 7) is 1.32. The average molecular weight is 385 g/mol. The topological polar surface area (TPSA) is 95.2 Å². The highest BCUT2D eigenvalue weighted by molar-refractivity contribution is 7.80. The van der Waals surface area contributed by atoms with Gasteiger partial charge in [-0.15, -0.1) is 0 Å². The van der Waals surface area contributed by atoms with Gasteiger partial charge in [-0.3, -0.25) is 9.59 Å². The summed E-state index contributed by atoms with van der Waals surface area (Å²) in [5.41, 5.74) is 2.11. The first kappa shape index (κ1) is 20.3. The number of nitrogens with one attached hydrogen (secondary N) is 4. The van der Waals surface area contributed by atoms with Gasteiger partial charge in [0.1, 0.15) is 5.69 Å². The Hall–Kier alpha value is -3.00. The molecule has 0 atom stereocenters. The fourth-order valence-corrected chi connectivity index (χ4v) is 2.41. The van der Waals surface area contributed by atoms with Crippen molar-refractivity contribution < 1.29 is 9.59 Å². The molecule has 1 aromatic carbocycles. The normalized spacial score (nSPS) is 9.96. The predicted octanol–water partition coefficient (Wildman–Crippen LogP) is 1.11. The number of carbonyl (C=O) groups excluding carboxylic acids is 2. The lowest BCUT2D eigenvalue weighted by Gasteiger charge is -2.11. The summed E-state index contributed by atoms with van der Waals surface area (Å²) in [6, 6.07) is 15.0. The maximum Gasteiger partial charge on any atom is 0.269 e. The van der Waals surface area contributed by atoms with Gasteiger partial charge in [0.05, 0.1) is 12.2 Å². The first-order valence-electron chi connectivity index (χ1n) is 8.59. The van der Waals surface area contributed by atoms with Crippen LogP contribution in [0.5, 0.6) is 0 Å². The van der Waals surface area contributed by atoms with E-state index in [0.29, 0.717) is 42.6 Å². The monoisotopic (exact) mass is 385 g/mol. The van der Waals surface area contributed by atoms with Crippen molar-refractivity contribution in [3.8, 4) is 0 Å². The highest BCUT2D eigenvalue weighted by Gasteiger charge is 2.06. The van der Waals surface area contributed by atoms with Gasteiger partial charge in [-0.2, -0.15) is 0 Å². The van der Waals surface area contributed by atoms with Gasteiger partial charge in [0.25, 0.3) is 5.91 Å². The second kappa shape index (κ2) is 10.9. The molecule has 2 aromatic rings. The molecule has 8 heteroatoms. The molecule has 4 N–H and O–H groups in total. The van der Waals surface area contributed by atoms with Crippen LogP contribution in [-0.4, -0.2) is 35.5 Å². The SMILES string of the molecule is CNC(=O)c1cccc(CNC(=S)NCCC(=O)NCc2ccccc2)n1. The molecule has 0 unspecified atom stereocenters. The number of aromatic nitrogens is 1. The lowest BCUT2D eigenvalue weighted by Crippen LogP contribution is -2.37. The Bertz CT molecular complexity index is 783. The average Bonchev–Trinajstić information content (AvgIpc) is 2.71. The molecule has 2 rings (SSSR count). The molecule has 0 saturated carbocycles. The minimum atomic E-state index is -0.237. The summed E-state index contributed by atoms with van der Waals surface area (Å²) in [4.78, 5) is 27.7. The molecule has 0 aliphatic rings. The first-order chi connectivity index (χ1) is 13.1. The highest BCUT2D eigenvalue weighted by Crippen LogP contribution is 1.99. The number of nitrogens with zero attached hydrogens (tertiary/aromatic N) is 1. The summed E-state index contributed by atoms with van der Waals surface area (Å²) in [5, 5.41) is 11.8. The summed E-state index contributed by atoms with van der Waals surface area (Å²) >= 11 is 5.19. The van der Waals surface area contributed by atoms with Crippen molar-refractivity contribution in [3.05, 3.63) is 65.5 Å². The van der Waals surface area contributed by atoms with Gasteiger partial charge < -0.3 is 21.3 Å². The number of hydrogen-bond acceptors (Lipinski definition) is 4.